The number of alkyl halides is 2. The summed E-state index contributed by atoms with van der Waals surface area (Å²) in [5.41, 5.74) is 5.07. The molecule has 0 saturated carbocycles. The maximum Gasteiger partial charge on any atom is 0.345 e. The van der Waals surface area contributed by atoms with Crippen LogP contribution in [0.15, 0.2) is 0 Å². The van der Waals surface area contributed by atoms with Gasteiger partial charge in [-0.05, 0) is 12.8 Å². The van der Waals surface area contributed by atoms with Gasteiger partial charge in [0.2, 0.25) is 5.91 Å². The molecule has 8 heteroatoms. The average Bonchev–Trinajstić information content (AvgIpc) is 2.70. The number of carbonyl (C=O) groups is 2. The summed E-state index contributed by atoms with van der Waals surface area (Å²) in [6.45, 7) is -2.57. The molecule has 0 spiro atoms. The van der Waals surface area contributed by atoms with Gasteiger partial charge in [-0.3, -0.25) is 9.59 Å². The van der Waals surface area contributed by atoms with Crippen molar-refractivity contribution in [3.8, 4) is 0 Å². The van der Waals surface area contributed by atoms with E-state index < -0.39 is 30.8 Å². The summed E-state index contributed by atoms with van der Waals surface area (Å²) >= 11 is 0. The molecule has 18 heavy (non-hydrogen) atoms. The van der Waals surface area contributed by atoms with Gasteiger partial charge in [-0.15, -0.1) is 0 Å². The van der Waals surface area contributed by atoms with Gasteiger partial charge in [-0.25, -0.2) is 0 Å². The van der Waals surface area contributed by atoms with E-state index in [0.717, 1.165) is 0 Å². The molecular formula is C10H14F2N2O4. The van der Waals surface area contributed by atoms with Crippen LogP contribution in [0.5, 0.6) is 0 Å². The number of hydrogen-bond donors (Lipinski definition) is 1. The van der Waals surface area contributed by atoms with E-state index in [0.29, 0.717) is 12.8 Å². The zero-order valence-corrected chi connectivity index (χ0v) is 9.55. The van der Waals surface area contributed by atoms with Crippen molar-refractivity contribution in [2.45, 2.75) is 37.8 Å². The van der Waals surface area contributed by atoms with Crippen LogP contribution in [0, 0.1) is 0 Å². The molecule has 0 aliphatic carbocycles. The molecule has 2 aliphatic rings. The van der Waals surface area contributed by atoms with E-state index in [4.69, 9.17) is 10.5 Å². The number of likely N-dealkylation sites (tertiary alicyclic amines) is 1. The quantitative estimate of drug-likeness (QED) is 0.740. The topological polar surface area (TPSA) is 81.9 Å². The highest BCUT2D eigenvalue weighted by Gasteiger charge is 2.40. The average molecular weight is 264 g/mol. The summed E-state index contributed by atoms with van der Waals surface area (Å²) in [6, 6.07) is 0. The van der Waals surface area contributed by atoms with E-state index in [9.17, 15) is 18.4 Å². The number of amides is 2. The lowest BCUT2D eigenvalue weighted by atomic mass is 10.1. The Morgan fingerprint density at radius 1 is 1.28 bits per heavy atom. The third-order valence-corrected chi connectivity index (χ3v) is 3.07. The summed E-state index contributed by atoms with van der Waals surface area (Å²) in [7, 11) is 0. The van der Waals surface area contributed by atoms with Crippen molar-refractivity contribution in [2.24, 2.45) is 5.73 Å². The van der Waals surface area contributed by atoms with Crippen molar-refractivity contribution in [1.29, 1.82) is 0 Å². The highest BCUT2D eigenvalue weighted by atomic mass is 19.3. The predicted octanol–water partition coefficient (Wildman–Crippen LogP) is -0.531. The van der Waals surface area contributed by atoms with Gasteiger partial charge < -0.3 is 20.1 Å². The lowest BCUT2D eigenvalue weighted by Gasteiger charge is -2.39. The van der Waals surface area contributed by atoms with Crippen molar-refractivity contribution >= 4 is 11.8 Å². The Bertz CT molecular complexity index is 347. The first-order valence-electron chi connectivity index (χ1n) is 5.64. The van der Waals surface area contributed by atoms with Gasteiger partial charge in [0.1, 0.15) is 12.2 Å². The van der Waals surface area contributed by atoms with Crippen LogP contribution in [-0.4, -0.2) is 54.7 Å². The largest absolute Gasteiger partial charge is 0.367 e. The minimum absolute atomic E-state index is 0.129. The van der Waals surface area contributed by atoms with Crippen LogP contribution in [0.4, 0.5) is 8.78 Å². The first kappa shape index (κ1) is 13.2. The Hall–Kier alpha value is -1.28. The summed E-state index contributed by atoms with van der Waals surface area (Å²) < 4.78 is 33.2. The van der Waals surface area contributed by atoms with E-state index in [1.165, 1.54) is 4.90 Å². The van der Waals surface area contributed by atoms with Crippen molar-refractivity contribution in [2.75, 3.05) is 13.1 Å². The summed E-state index contributed by atoms with van der Waals surface area (Å²) in [6.07, 6.45) is -1.22. The lowest BCUT2D eigenvalue weighted by Crippen LogP contribution is -2.57. The number of nitrogens with two attached hydrogens (primary N) is 1. The molecule has 0 aromatic carbocycles. The minimum atomic E-state index is -2.82. The third-order valence-electron chi connectivity index (χ3n) is 3.07. The molecular weight excluding hydrogens is 250 g/mol. The van der Waals surface area contributed by atoms with Gasteiger partial charge in [0.05, 0.1) is 6.10 Å². The molecule has 2 fully saturated rings. The van der Waals surface area contributed by atoms with Crippen molar-refractivity contribution in [1.82, 2.24) is 4.90 Å². The van der Waals surface area contributed by atoms with Crippen molar-refractivity contribution < 1.29 is 27.8 Å². The van der Waals surface area contributed by atoms with Gasteiger partial charge in [-0.1, -0.05) is 0 Å². The first-order chi connectivity index (χ1) is 8.47. The summed E-state index contributed by atoms with van der Waals surface area (Å²) in [5.74, 6) is -0.888. The van der Waals surface area contributed by atoms with Crippen molar-refractivity contribution in [3.63, 3.8) is 0 Å². The van der Waals surface area contributed by atoms with Gasteiger partial charge in [0, 0.05) is 13.1 Å². The number of nitrogens with zero attached hydrogens (tertiary/aromatic N) is 1. The summed E-state index contributed by atoms with van der Waals surface area (Å²) in [5, 5.41) is 0. The standard InChI is InChI=1S/C10H14F2N2O4/c11-10(12)17-5-3-14(4-5)9(16)7-2-1-6(18-7)8(13)15/h5-7,10H,1-4H2,(H2,13,15)/t6-,7+/m0/s1. The Labute approximate surface area is 102 Å². The molecule has 0 radical (unpaired) electrons. The molecule has 2 amide bonds. The van der Waals surface area contributed by atoms with Crippen LogP contribution >= 0.6 is 0 Å². The van der Waals surface area contributed by atoms with E-state index in [-0.39, 0.29) is 19.0 Å². The predicted molar refractivity (Wildman–Crippen MR) is 54.5 cm³/mol. The molecule has 2 rings (SSSR count). The molecule has 0 unspecified atom stereocenters. The fraction of sp³-hybridized carbons (Fsp3) is 0.800. The number of halogens is 2. The Morgan fingerprint density at radius 2 is 1.89 bits per heavy atom. The fourth-order valence-electron chi connectivity index (χ4n) is 2.08. The number of rotatable bonds is 4. The Kier molecular flexibility index (Phi) is 3.76. The maximum absolute atomic E-state index is 11.9. The second-order valence-corrected chi connectivity index (χ2v) is 4.36. The molecule has 2 N–H and O–H groups in total. The van der Waals surface area contributed by atoms with Gasteiger partial charge in [0.25, 0.3) is 5.91 Å². The van der Waals surface area contributed by atoms with E-state index in [2.05, 4.69) is 4.74 Å². The Balaban J connectivity index is 1.76. The molecule has 6 nitrogen and oxygen atoms in total. The smallest absolute Gasteiger partial charge is 0.345 e. The second-order valence-electron chi connectivity index (χ2n) is 4.36. The molecule has 0 aromatic rings. The van der Waals surface area contributed by atoms with Crippen LogP contribution in [0.2, 0.25) is 0 Å². The fourth-order valence-corrected chi connectivity index (χ4v) is 2.08. The van der Waals surface area contributed by atoms with Crippen LogP contribution in [0.1, 0.15) is 12.8 Å². The Morgan fingerprint density at radius 3 is 2.39 bits per heavy atom. The molecule has 2 heterocycles. The van der Waals surface area contributed by atoms with E-state index >= 15 is 0 Å². The number of carbonyl (C=O) groups excluding carboxylic acids is 2. The number of hydrogen-bond acceptors (Lipinski definition) is 4. The second kappa shape index (κ2) is 5.15. The maximum atomic E-state index is 11.9. The van der Waals surface area contributed by atoms with Crippen LogP contribution in [0.3, 0.4) is 0 Å². The monoisotopic (exact) mass is 264 g/mol. The number of primary amides is 1. The first-order valence-corrected chi connectivity index (χ1v) is 5.64. The zero-order chi connectivity index (χ0) is 13.3. The lowest BCUT2D eigenvalue weighted by molar-refractivity contribution is -0.202. The van der Waals surface area contributed by atoms with Crippen LogP contribution in [-0.2, 0) is 19.1 Å². The van der Waals surface area contributed by atoms with Gasteiger partial charge >= 0.3 is 6.61 Å². The SMILES string of the molecule is NC(=O)[C@@H]1CC[C@H](C(=O)N2CC(OC(F)F)C2)O1. The molecule has 2 saturated heterocycles. The van der Waals surface area contributed by atoms with Crippen LogP contribution < -0.4 is 5.73 Å². The molecule has 102 valence electrons. The van der Waals surface area contributed by atoms with E-state index in [1.54, 1.807) is 0 Å². The molecule has 0 aromatic heterocycles. The number of ether oxygens (including phenoxy) is 2. The highest BCUT2D eigenvalue weighted by Crippen LogP contribution is 2.24. The van der Waals surface area contributed by atoms with E-state index in [1.807, 2.05) is 0 Å². The zero-order valence-electron chi connectivity index (χ0n) is 9.55. The minimum Gasteiger partial charge on any atom is -0.367 e. The van der Waals surface area contributed by atoms with Crippen molar-refractivity contribution in [3.05, 3.63) is 0 Å². The van der Waals surface area contributed by atoms with Crippen LogP contribution in [0.25, 0.3) is 0 Å². The third kappa shape index (κ3) is 2.75. The molecule has 2 aliphatic heterocycles. The van der Waals surface area contributed by atoms with Gasteiger partial charge in [0.15, 0.2) is 0 Å². The normalized spacial score (nSPS) is 28.5. The summed E-state index contributed by atoms with van der Waals surface area (Å²) in [4.78, 5) is 24.1. The van der Waals surface area contributed by atoms with Gasteiger partial charge in [-0.2, -0.15) is 8.78 Å². The molecule has 0 bridgehead atoms. The highest BCUT2D eigenvalue weighted by molar-refractivity contribution is 5.84. The molecule has 2 atom stereocenters.